The van der Waals surface area contributed by atoms with Crippen molar-refractivity contribution in [2.75, 3.05) is 20.2 Å². The second-order valence-electron chi connectivity index (χ2n) is 4.20. The van der Waals surface area contributed by atoms with Crippen LogP contribution in [0.5, 0.6) is 0 Å². The largest absolute Gasteiger partial charge is 0.466 e. The highest BCUT2D eigenvalue weighted by Gasteiger charge is 2.19. The van der Waals surface area contributed by atoms with E-state index < -0.39 is 0 Å². The molecule has 0 aliphatic rings. The van der Waals surface area contributed by atoms with E-state index in [1.165, 1.54) is 11.1 Å². The lowest BCUT2D eigenvalue weighted by molar-refractivity contribution is -0.147. The molecule has 1 aromatic carbocycles. The molecule has 0 spiro atoms. The third-order valence-electron chi connectivity index (χ3n) is 2.64. The summed E-state index contributed by atoms with van der Waals surface area (Å²) in [6.45, 7) is 4.97. The van der Waals surface area contributed by atoms with Crippen LogP contribution in [0.15, 0.2) is 24.3 Å². The van der Waals surface area contributed by atoms with Gasteiger partial charge in [-0.05, 0) is 32.9 Å². The predicted molar refractivity (Wildman–Crippen MR) is 68.9 cm³/mol. The van der Waals surface area contributed by atoms with E-state index in [1.54, 1.807) is 0 Å². The first-order chi connectivity index (χ1) is 8.17. The summed E-state index contributed by atoms with van der Waals surface area (Å²) in [7, 11) is 1.85. The summed E-state index contributed by atoms with van der Waals surface area (Å²) in [6, 6.07) is 8.24. The maximum absolute atomic E-state index is 11.8. The molecule has 17 heavy (non-hydrogen) atoms. The molecule has 0 aliphatic carbocycles. The van der Waals surface area contributed by atoms with Crippen molar-refractivity contribution in [3.05, 3.63) is 35.4 Å². The van der Waals surface area contributed by atoms with Crippen molar-refractivity contribution in [3.8, 4) is 0 Å². The van der Waals surface area contributed by atoms with Gasteiger partial charge in [0.05, 0.1) is 12.5 Å². The van der Waals surface area contributed by atoms with Crippen LogP contribution in [0.2, 0.25) is 0 Å². The van der Waals surface area contributed by atoms with Gasteiger partial charge in [0, 0.05) is 6.54 Å². The fraction of sp³-hybridized carbons (Fsp3) is 0.500. The van der Waals surface area contributed by atoms with Crippen LogP contribution in [0.3, 0.4) is 0 Å². The van der Waals surface area contributed by atoms with E-state index in [1.807, 2.05) is 20.0 Å². The highest BCUT2D eigenvalue weighted by atomic mass is 16.5. The first kappa shape index (κ1) is 13.7. The Labute approximate surface area is 103 Å². The van der Waals surface area contributed by atoms with Crippen molar-refractivity contribution in [3.63, 3.8) is 0 Å². The number of esters is 1. The molecule has 0 radical (unpaired) electrons. The summed E-state index contributed by atoms with van der Waals surface area (Å²) in [5.74, 6) is -0.231. The Morgan fingerprint density at radius 3 is 2.82 bits per heavy atom. The third kappa shape index (κ3) is 4.57. The van der Waals surface area contributed by atoms with Gasteiger partial charge in [0.2, 0.25) is 0 Å². The number of carbonyl (C=O) groups is 1. The summed E-state index contributed by atoms with van der Waals surface area (Å²) >= 11 is 0. The fourth-order valence-corrected chi connectivity index (χ4v) is 1.87. The van der Waals surface area contributed by atoms with Crippen molar-refractivity contribution in [2.45, 2.75) is 20.3 Å². The minimum absolute atomic E-state index is 0.109. The number of hydrogen-bond donors (Lipinski definition) is 1. The first-order valence-electron chi connectivity index (χ1n) is 6.04. The van der Waals surface area contributed by atoms with E-state index in [-0.39, 0.29) is 11.9 Å². The van der Waals surface area contributed by atoms with Gasteiger partial charge in [-0.2, -0.15) is 0 Å². The molecule has 3 nitrogen and oxygen atoms in total. The van der Waals surface area contributed by atoms with Gasteiger partial charge in [0.15, 0.2) is 0 Å². The molecule has 1 rings (SSSR count). The molecular formula is C14H21NO2. The fourth-order valence-electron chi connectivity index (χ4n) is 1.87. The Bertz CT molecular complexity index is 363. The second kappa shape index (κ2) is 7.07. The van der Waals surface area contributed by atoms with Gasteiger partial charge in [0.1, 0.15) is 0 Å². The molecule has 94 valence electrons. The second-order valence-corrected chi connectivity index (χ2v) is 4.20. The zero-order chi connectivity index (χ0) is 12.7. The molecule has 1 atom stereocenters. The van der Waals surface area contributed by atoms with Crippen LogP contribution in [0.1, 0.15) is 18.1 Å². The monoisotopic (exact) mass is 235 g/mol. The number of aryl methyl sites for hydroxylation is 1. The lowest BCUT2D eigenvalue weighted by Crippen LogP contribution is -2.29. The quantitative estimate of drug-likeness (QED) is 0.766. The third-order valence-corrected chi connectivity index (χ3v) is 2.64. The molecule has 0 saturated carbocycles. The molecular weight excluding hydrogens is 214 g/mol. The lowest BCUT2D eigenvalue weighted by atomic mass is 9.98. The molecule has 0 aromatic heterocycles. The number of benzene rings is 1. The van der Waals surface area contributed by atoms with Gasteiger partial charge in [-0.1, -0.05) is 29.8 Å². The van der Waals surface area contributed by atoms with Crippen LogP contribution in [0.25, 0.3) is 0 Å². The minimum Gasteiger partial charge on any atom is -0.466 e. The summed E-state index contributed by atoms with van der Waals surface area (Å²) in [6.07, 6.45) is 0.724. The van der Waals surface area contributed by atoms with Crippen molar-refractivity contribution in [1.82, 2.24) is 5.32 Å². The van der Waals surface area contributed by atoms with E-state index in [4.69, 9.17) is 4.74 Å². The first-order valence-corrected chi connectivity index (χ1v) is 6.04. The average Bonchev–Trinajstić information content (AvgIpc) is 2.29. The smallest absolute Gasteiger partial charge is 0.310 e. The van der Waals surface area contributed by atoms with Crippen molar-refractivity contribution < 1.29 is 9.53 Å². The zero-order valence-corrected chi connectivity index (χ0v) is 10.8. The predicted octanol–water partition coefficient (Wildman–Crippen LogP) is 1.94. The topological polar surface area (TPSA) is 38.3 Å². The Morgan fingerprint density at radius 2 is 2.24 bits per heavy atom. The molecule has 0 saturated heterocycles. The average molecular weight is 235 g/mol. The number of rotatable bonds is 6. The summed E-state index contributed by atoms with van der Waals surface area (Å²) < 4.78 is 5.08. The SMILES string of the molecule is CCOC(=O)[C@H](CNC)Cc1cccc(C)c1. The van der Waals surface area contributed by atoms with Crippen molar-refractivity contribution >= 4 is 5.97 Å². The van der Waals surface area contributed by atoms with Gasteiger partial charge in [-0.3, -0.25) is 4.79 Å². The van der Waals surface area contributed by atoms with Gasteiger partial charge < -0.3 is 10.1 Å². The standard InChI is InChI=1S/C14H21NO2/c1-4-17-14(16)13(10-15-3)9-12-7-5-6-11(2)8-12/h5-8,13,15H,4,9-10H2,1-3H3/t13-/m0/s1. The molecule has 1 aromatic rings. The summed E-state index contributed by atoms with van der Waals surface area (Å²) in [5.41, 5.74) is 2.40. The number of carbonyl (C=O) groups excluding carboxylic acids is 1. The number of hydrogen-bond acceptors (Lipinski definition) is 3. The van der Waals surface area contributed by atoms with Crippen LogP contribution in [0, 0.1) is 12.8 Å². The van der Waals surface area contributed by atoms with E-state index in [0.29, 0.717) is 13.2 Å². The number of ether oxygens (including phenoxy) is 1. The zero-order valence-electron chi connectivity index (χ0n) is 10.8. The molecule has 0 heterocycles. The molecule has 1 N–H and O–H groups in total. The molecule has 0 bridgehead atoms. The highest BCUT2D eigenvalue weighted by Crippen LogP contribution is 2.12. The van der Waals surface area contributed by atoms with E-state index >= 15 is 0 Å². The van der Waals surface area contributed by atoms with Crippen LogP contribution in [0.4, 0.5) is 0 Å². The van der Waals surface area contributed by atoms with Crippen LogP contribution in [-0.2, 0) is 16.0 Å². The Kier molecular flexibility index (Phi) is 5.70. The maximum atomic E-state index is 11.8. The van der Waals surface area contributed by atoms with Crippen molar-refractivity contribution in [2.24, 2.45) is 5.92 Å². The molecule has 0 amide bonds. The summed E-state index contributed by atoms with van der Waals surface area (Å²) in [5, 5.41) is 3.04. The van der Waals surface area contributed by atoms with Gasteiger partial charge in [-0.25, -0.2) is 0 Å². The minimum atomic E-state index is -0.122. The van der Waals surface area contributed by atoms with Crippen LogP contribution in [-0.4, -0.2) is 26.2 Å². The van der Waals surface area contributed by atoms with E-state index in [2.05, 4.69) is 30.4 Å². The van der Waals surface area contributed by atoms with E-state index in [0.717, 1.165) is 6.42 Å². The van der Waals surface area contributed by atoms with Crippen LogP contribution < -0.4 is 5.32 Å². The Hall–Kier alpha value is -1.35. The van der Waals surface area contributed by atoms with Gasteiger partial charge in [0.25, 0.3) is 0 Å². The maximum Gasteiger partial charge on any atom is 0.310 e. The Balaban J connectivity index is 2.69. The van der Waals surface area contributed by atoms with Gasteiger partial charge >= 0.3 is 5.97 Å². The lowest BCUT2D eigenvalue weighted by Gasteiger charge is -2.15. The van der Waals surface area contributed by atoms with E-state index in [9.17, 15) is 4.79 Å². The highest BCUT2D eigenvalue weighted by molar-refractivity contribution is 5.73. The molecule has 0 unspecified atom stereocenters. The van der Waals surface area contributed by atoms with Crippen LogP contribution >= 0.6 is 0 Å². The normalized spacial score (nSPS) is 12.2. The molecule has 3 heteroatoms. The molecule has 0 aliphatic heterocycles. The van der Waals surface area contributed by atoms with Crippen molar-refractivity contribution in [1.29, 1.82) is 0 Å². The molecule has 0 fully saturated rings. The summed E-state index contributed by atoms with van der Waals surface area (Å²) in [4.78, 5) is 11.8. The number of nitrogens with one attached hydrogen (secondary N) is 1. The van der Waals surface area contributed by atoms with Gasteiger partial charge in [-0.15, -0.1) is 0 Å². The Morgan fingerprint density at radius 1 is 1.47 bits per heavy atom.